The van der Waals surface area contributed by atoms with Crippen molar-refractivity contribution in [1.82, 2.24) is 5.32 Å². The van der Waals surface area contributed by atoms with E-state index in [1.54, 1.807) is 0 Å². The van der Waals surface area contributed by atoms with Gasteiger partial charge in [0.1, 0.15) is 0 Å². The summed E-state index contributed by atoms with van der Waals surface area (Å²) in [6.45, 7) is 1.01. The molecule has 3 N–H and O–H groups in total. The zero-order valence-corrected chi connectivity index (χ0v) is 10.8. The quantitative estimate of drug-likeness (QED) is 0.798. The molecule has 2 rings (SSSR count). The van der Waals surface area contributed by atoms with Crippen LogP contribution in [-0.4, -0.2) is 20.7 Å². The molecule has 0 saturated heterocycles. The third-order valence-electron chi connectivity index (χ3n) is 2.71. The molecule has 2 aromatic carbocycles. The summed E-state index contributed by atoms with van der Waals surface area (Å²) >= 11 is 0. The highest BCUT2D eigenvalue weighted by atomic mass is 32.2. The SMILES string of the molecule is NS(=O)(=O)CCNCc1ccc2ccccc2c1. The summed E-state index contributed by atoms with van der Waals surface area (Å²) in [5.41, 5.74) is 1.13. The largest absolute Gasteiger partial charge is 0.312 e. The highest BCUT2D eigenvalue weighted by Gasteiger charge is 2.01. The van der Waals surface area contributed by atoms with Gasteiger partial charge in [-0.25, -0.2) is 13.6 Å². The fourth-order valence-corrected chi connectivity index (χ4v) is 2.22. The van der Waals surface area contributed by atoms with Crippen molar-refractivity contribution in [3.63, 3.8) is 0 Å². The molecular formula is C13H16N2O2S. The van der Waals surface area contributed by atoms with Crippen molar-refractivity contribution in [3.05, 3.63) is 48.0 Å². The average Bonchev–Trinajstić information content (AvgIpc) is 2.33. The fraction of sp³-hybridized carbons (Fsp3) is 0.231. The van der Waals surface area contributed by atoms with E-state index in [9.17, 15) is 8.42 Å². The van der Waals surface area contributed by atoms with E-state index in [-0.39, 0.29) is 5.75 Å². The van der Waals surface area contributed by atoms with Crippen LogP contribution in [0.5, 0.6) is 0 Å². The standard InChI is InChI=1S/C13H16N2O2S/c14-18(16,17)8-7-15-10-11-5-6-12-3-1-2-4-13(12)9-11/h1-6,9,15H,7-8,10H2,(H2,14,16,17). The van der Waals surface area contributed by atoms with Gasteiger partial charge >= 0.3 is 0 Å². The molecule has 18 heavy (non-hydrogen) atoms. The number of fused-ring (bicyclic) bond motifs is 1. The van der Waals surface area contributed by atoms with Gasteiger partial charge in [-0.3, -0.25) is 0 Å². The molecule has 4 nitrogen and oxygen atoms in total. The van der Waals surface area contributed by atoms with E-state index in [2.05, 4.69) is 29.6 Å². The van der Waals surface area contributed by atoms with E-state index in [0.29, 0.717) is 13.1 Å². The number of rotatable bonds is 5. The Labute approximate surface area is 107 Å². The molecule has 0 aliphatic heterocycles. The highest BCUT2D eigenvalue weighted by molar-refractivity contribution is 7.89. The fourth-order valence-electron chi connectivity index (χ4n) is 1.80. The molecule has 0 aliphatic carbocycles. The predicted octanol–water partition coefficient (Wildman–Crippen LogP) is 1.22. The molecule has 0 spiro atoms. The lowest BCUT2D eigenvalue weighted by molar-refractivity contribution is 0.592. The summed E-state index contributed by atoms with van der Waals surface area (Å²) in [6, 6.07) is 14.3. The van der Waals surface area contributed by atoms with Gasteiger partial charge in [-0.15, -0.1) is 0 Å². The predicted molar refractivity (Wildman–Crippen MR) is 73.6 cm³/mol. The lowest BCUT2D eigenvalue weighted by Crippen LogP contribution is -2.26. The maximum absolute atomic E-state index is 10.8. The normalized spacial score (nSPS) is 11.8. The van der Waals surface area contributed by atoms with Gasteiger partial charge < -0.3 is 5.32 Å². The van der Waals surface area contributed by atoms with Crippen molar-refractivity contribution >= 4 is 20.8 Å². The Hall–Kier alpha value is -1.43. The smallest absolute Gasteiger partial charge is 0.210 e. The zero-order valence-electron chi connectivity index (χ0n) is 9.96. The minimum atomic E-state index is -3.38. The molecule has 5 heteroatoms. The molecular weight excluding hydrogens is 248 g/mol. The summed E-state index contributed by atoms with van der Waals surface area (Å²) in [4.78, 5) is 0. The van der Waals surface area contributed by atoms with Crippen LogP contribution < -0.4 is 10.5 Å². The van der Waals surface area contributed by atoms with Crippen LogP contribution in [0.1, 0.15) is 5.56 Å². The van der Waals surface area contributed by atoms with Gasteiger partial charge in [-0.2, -0.15) is 0 Å². The number of nitrogens with one attached hydrogen (secondary N) is 1. The Bertz CT molecular complexity index is 638. The highest BCUT2D eigenvalue weighted by Crippen LogP contribution is 2.15. The molecule has 0 saturated carbocycles. The van der Waals surface area contributed by atoms with Gasteiger partial charge in [0.15, 0.2) is 0 Å². The second-order valence-electron chi connectivity index (χ2n) is 4.23. The monoisotopic (exact) mass is 264 g/mol. The van der Waals surface area contributed by atoms with Gasteiger partial charge in [0, 0.05) is 13.1 Å². The molecule has 0 aromatic heterocycles. The van der Waals surface area contributed by atoms with Crippen LogP contribution >= 0.6 is 0 Å². The molecule has 0 aliphatic rings. The van der Waals surface area contributed by atoms with E-state index in [0.717, 1.165) is 5.56 Å². The topological polar surface area (TPSA) is 72.2 Å². The van der Waals surface area contributed by atoms with Crippen molar-refractivity contribution in [3.8, 4) is 0 Å². The average molecular weight is 264 g/mol. The first-order chi connectivity index (χ1) is 8.54. The second kappa shape index (κ2) is 5.48. The van der Waals surface area contributed by atoms with Crippen LogP contribution in [0.15, 0.2) is 42.5 Å². The van der Waals surface area contributed by atoms with Gasteiger partial charge in [0.2, 0.25) is 10.0 Å². The number of nitrogens with two attached hydrogens (primary N) is 1. The molecule has 0 fully saturated rings. The van der Waals surface area contributed by atoms with Gasteiger partial charge in [0.05, 0.1) is 5.75 Å². The van der Waals surface area contributed by atoms with Crippen LogP contribution in [0.2, 0.25) is 0 Å². The second-order valence-corrected chi connectivity index (χ2v) is 5.96. The van der Waals surface area contributed by atoms with Crippen LogP contribution in [0, 0.1) is 0 Å². The Kier molecular flexibility index (Phi) is 3.96. The number of hydrogen-bond acceptors (Lipinski definition) is 3. The molecule has 0 heterocycles. The molecule has 96 valence electrons. The molecule has 0 radical (unpaired) electrons. The van der Waals surface area contributed by atoms with Gasteiger partial charge in [0.25, 0.3) is 0 Å². The van der Waals surface area contributed by atoms with Crippen molar-refractivity contribution < 1.29 is 8.42 Å². The third-order valence-corrected chi connectivity index (χ3v) is 3.48. The van der Waals surface area contributed by atoms with Crippen LogP contribution in [0.25, 0.3) is 10.8 Å². The Morgan fingerprint density at radius 1 is 1.06 bits per heavy atom. The van der Waals surface area contributed by atoms with E-state index in [1.807, 2.05) is 18.2 Å². The van der Waals surface area contributed by atoms with Gasteiger partial charge in [-0.1, -0.05) is 36.4 Å². The minimum Gasteiger partial charge on any atom is -0.312 e. The zero-order chi connectivity index (χ0) is 13.0. The Morgan fingerprint density at radius 3 is 2.50 bits per heavy atom. The van der Waals surface area contributed by atoms with Crippen molar-refractivity contribution in [2.24, 2.45) is 5.14 Å². The molecule has 2 aromatic rings. The molecule has 0 unspecified atom stereocenters. The van der Waals surface area contributed by atoms with E-state index in [1.165, 1.54) is 10.8 Å². The number of primary sulfonamides is 1. The first kappa shape index (κ1) is 13.0. The summed E-state index contributed by atoms with van der Waals surface area (Å²) in [6.07, 6.45) is 0. The van der Waals surface area contributed by atoms with Crippen LogP contribution in [0.3, 0.4) is 0 Å². The molecule has 0 bridgehead atoms. The Balaban J connectivity index is 1.96. The van der Waals surface area contributed by atoms with E-state index in [4.69, 9.17) is 5.14 Å². The summed E-state index contributed by atoms with van der Waals surface area (Å²) in [7, 11) is -3.38. The number of benzene rings is 2. The lowest BCUT2D eigenvalue weighted by Gasteiger charge is -2.05. The molecule has 0 atom stereocenters. The molecule has 0 amide bonds. The van der Waals surface area contributed by atoms with E-state index < -0.39 is 10.0 Å². The number of hydrogen-bond donors (Lipinski definition) is 2. The maximum Gasteiger partial charge on any atom is 0.210 e. The lowest BCUT2D eigenvalue weighted by atomic mass is 10.1. The summed E-state index contributed by atoms with van der Waals surface area (Å²) < 4.78 is 21.5. The Morgan fingerprint density at radius 2 is 1.78 bits per heavy atom. The first-order valence-electron chi connectivity index (χ1n) is 5.73. The van der Waals surface area contributed by atoms with Crippen molar-refractivity contribution in [2.45, 2.75) is 6.54 Å². The number of sulfonamides is 1. The van der Waals surface area contributed by atoms with Crippen LogP contribution in [0.4, 0.5) is 0 Å². The van der Waals surface area contributed by atoms with Gasteiger partial charge in [-0.05, 0) is 22.4 Å². The summed E-state index contributed by atoms with van der Waals surface area (Å²) in [5, 5.41) is 10.4. The maximum atomic E-state index is 10.8. The first-order valence-corrected chi connectivity index (χ1v) is 7.45. The van der Waals surface area contributed by atoms with Crippen molar-refractivity contribution in [2.75, 3.05) is 12.3 Å². The third kappa shape index (κ3) is 3.80. The van der Waals surface area contributed by atoms with Crippen molar-refractivity contribution in [1.29, 1.82) is 0 Å². The summed E-state index contributed by atoms with van der Waals surface area (Å²) in [5.74, 6) is -0.0411. The minimum absolute atomic E-state index is 0.0411. The van der Waals surface area contributed by atoms with Crippen LogP contribution in [-0.2, 0) is 16.6 Å². The van der Waals surface area contributed by atoms with E-state index >= 15 is 0 Å².